The number of ether oxygens (including phenoxy) is 1. The molecule has 1 spiro atoms. The summed E-state index contributed by atoms with van der Waals surface area (Å²) in [4.78, 5) is 36.2. The molecule has 2 aliphatic carbocycles. The molecule has 5 heteroatoms. The van der Waals surface area contributed by atoms with Crippen LogP contribution in [-0.2, 0) is 19.1 Å². The van der Waals surface area contributed by atoms with E-state index >= 15 is 0 Å². The van der Waals surface area contributed by atoms with E-state index in [4.69, 9.17) is 4.74 Å². The highest BCUT2D eigenvalue weighted by atomic mass is 16.5. The van der Waals surface area contributed by atoms with Gasteiger partial charge in [-0.1, -0.05) is 6.58 Å². The van der Waals surface area contributed by atoms with E-state index in [-0.39, 0.29) is 24.0 Å². The molecule has 1 aliphatic heterocycles. The standard InChI is InChI=1S/C14H17NO4/c1-2-13(18)19-8-12(17)15-11(16)7-14(15)6-9-3-4-10(14)5-9/h2,9-10H,1,3-8H2. The van der Waals surface area contributed by atoms with Crippen molar-refractivity contribution in [1.29, 1.82) is 0 Å². The number of imide groups is 1. The molecule has 2 saturated carbocycles. The summed E-state index contributed by atoms with van der Waals surface area (Å²) >= 11 is 0. The largest absolute Gasteiger partial charge is 0.452 e. The Hall–Kier alpha value is -1.65. The fraction of sp³-hybridized carbons (Fsp3) is 0.643. The van der Waals surface area contributed by atoms with E-state index in [1.54, 1.807) is 0 Å². The van der Waals surface area contributed by atoms with Gasteiger partial charge in [0.25, 0.3) is 5.91 Å². The number of carbonyl (C=O) groups excluding carboxylic acids is 3. The Labute approximate surface area is 111 Å². The predicted molar refractivity (Wildman–Crippen MR) is 65.8 cm³/mol. The van der Waals surface area contributed by atoms with Crippen LogP contribution >= 0.6 is 0 Å². The van der Waals surface area contributed by atoms with Gasteiger partial charge >= 0.3 is 5.97 Å². The fourth-order valence-electron chi connectivity index (χ4n) is 4.13. The minimum atomic E-state index is -0.636. The van der Waals surface area contributed by atoms with E-state index in [1.165, 1.54) is 11.3 Å². The van der Waals surface area contributed by atoms with Gasteiger partial charge in [-0.25, -0.2) is 4.79 Å². The zero-order valence-electron chi connectivity index (χ0n) is 10.8. The van der Waals surface area contributed by atoms with Gasteiger partial charge < -0.3 is 4.74 Å². The molecule has 0 N–H and O–H groups in total. The molecule has 0 aromatic carbocycles. The smallest absolute Gasteiger partial charge is 0.330 e. The molecule has 0 radical (unpaired) electrons. The maximum atomic E-state index is 12.1. The van der Waals surface area contributed by atoms with Crippen LogP contribution in [0.2, 0.25) is 0 Å². The van der Waals surface area contributed by atoms with Crippen molar-refractivity contribution in [2.45, 2.75) is 37.6 Å². The van der Waals surface area contributed by atoms with Crippen LogP contribution in [-0.4, -0.2) is 34.8 Å². The van der Waals surface area contributed by atoms with Crippen molar-refractivity contribution in [3.8, 4) is 0 Å². The number of esters is 1. The molecule has 1 saturated heterocycles. The number of rotatable bonds is 3. The number of hydrogen-bond acceptors (Lipinski definition) is 4. The molecule has 2 amide bonds. The van der Waals surface area contributed by atoms with Crippen LogP contribution in [0.1, 0.15) is 32.1 Å². The number of β-lactam (4-membered cyclic amide) rings is 1. The van der Waals surface area contributed by atoms with Crippen molar-refractivity contribution in [3.05, 3.63) is 12.7 Å². The van der Waals surface area contributed by atoms with Crippen molar-refractivity contribution in [2.24, 2.45) is 11.8 Å². The Morgan fingerprint density at radius 1 is 1.47 bits per heavy atom. The number of nitrogens with zero attached hydrogens (tertiary/aromatic N) is 1. The van der Waals surface area contributed by atoms with E-state index in [9.17, 15) is 14.4 Å². The van der Waals surface area contributed by atoms with Crippen LogP contribution in [0.25, 0.3) is 0 Å². The van der Waals surface area contributed by atoms with Crippen molar-refractivity contribution >= 4 is 17.8 Å². The van der Waals surface area contributed by atoms with Crippen LogP contribution in [0.4, 0.5) is 0 Å². The second-order valence-corrected chi connectivity index (χ2v) is 5.80. The van der Waals surface area contributed by atoms with Gasteiger partial charge in [0.2, 0.25) is 5.91 Å². The summed E-state index contributed by atoms with van der Waals surface area (Å²) in [5, 5.41) is 0. The molecule has 1 heterocycles. The number of hydrogen-bond donors (Lipinski definition) is 0. The second-order valence-electron chi connectivity index (χ2n) is 5.80. The maximum Gasteiger partial charge on any atom is 0.330 e. The summed E-state index contributed by atoms with van der Waals surface area (Å²) in [6, 6.07) is 0. The first-order valence-electron chi connectivity index (χ1n) is 6.72. The molecule has 0 aromatic rings. The minimum Gasteiger partial charge on any atom is -0.452 e. The molecule has 3 rings (SSSR count). The Kier molecular flexibility index (Phi) is 2.73. The van der Waals surface area contributed by atoms with Crippen LogP contribution in [0.5, 0.6) is 0 Å². The first kappa shape index (κ1) is 12.4. The Morgan fingerprint density at radius 2 is 2.26 bits per heavy atom. The zero-order valence-corrected chi connectivity index (χ0v) is 10.8. The molecule has 3 aliphatic rings. The van der Waals surface area contributed by atoms with E-state index < -0.39 is 5.97 Å². The third-order valence-electron chi connectivity index (χ3n) is 4.85. The maximum absolute atomic E-state index is 12.1. The Morgan fingerprint density at radius 3 is 2.79 bits per heavy atom. The minimum absolute atomic E-state index is 0.132. The average Bonchev–Trinajstić information content (AvgIpc) is 2.96. The summed E-state index contributed by atoms with van der Waals surface area (Å²) in [5.74, 6) is -0.0482. The van der Waals surface area contributed by atoms with Crippen molar-refractivity contribution < 1.29 is 19.1 Å². The summed E-state index contributed by atoms with van der Waals surface area (Å²) in [6.07, 6.45) is 5.88. The molecule has 0 aromatic heterocycles. The second kappa shape index (κ2) is 4.18. The first-order valence-corrected chi connectivity index (χ1v) is 6.72. The lowest BCUT2D eigenvalue weighted by Gasteiger charge is -2.53. The summed E-state index contributed by atoms with van der Waals surface area (Å²) in [7, 11) is 0. The van der Waals surface area contributed by atoms with Gasteiger partial charge in [-0.2, -0.15) is 0 Å². The Balaban J connectivity index is 1.69. The van der Waals surface area contributed by atoms with Crippen LogP contribution in [0.3, 0.4) is 0 Å². The van der Waals surface area contributed by atoms with E-state index in [0.717, 1.165) is 25.3 Å². The zero-order chi connectivity index (χ0) is 13.6. The summed E-state index contributed by atoms with van der Waals surface area (Å²) in [5.41, 5.74) is -0.252. The van der Waals surface area contributed by atoms with Gasteiger partial charge in [-0.15, -0.1) is 0 Å². The lowest BCUT2D eigenvalue weighted by Crippen LogP contribution is -2.68. The third-order valence-corrected chi connectivity index (χ3v) is 4.85. The first-order chi connectivity index (χ1) is 9.06. The van der Waals surface area contributed by atoms with E-state index in [2.05, 4.69) is 6.58 Å². The number of amides is 2. The van der Waals surface area contributed by atoms with Gasteiger partial charge in [0, 0.05) is 6.08 Å². The molecule has 3 fully saturated rings. The molecular weight excluding hydrogens is 246 g/mol. The average molecular weight is 263 g/mol. The van der Waals surface area contributed by atoms with Crippen molar-refractivity contribution in [1.82, 2.24) is 4.90 Å². The van der Waals surface area contributed by atoms with Crippen molar-refractivity contribution in [3.63, 3.8) is 0 Å². The molecule has 19 heavy (non-hydrogen) atoms. The summed E-state index contributed by atoms with van der Waals surface area (Å²) < 4.78 is 4.74. The molecular formula is C14H17NO4. The quantitative estimate of drug-likeness (QED) is 0.433. The predicted octanol–water partition coefficient (Wildman–Crippen LogP) is 1.03. The van der Waals surface area contributed by atoms with Gasteiger partial charge in [0.05, 0.1) is 12.0 Å². The molecule has 3 unspecified atom stereocenters. The normalized spacial score (nSPS) is 35.4. The number of likely N-dealkylation sites (tertiary alicyclic amines) is 1. The van der Waals surface area contributed by atoms with Crippen molar-refractivity contribution in [2.75, 3.05) is 6.61 Å². The highest BCUT2D eigenvalue weighted by molar-refractivity contribution is 6.03. The van der Waals surface area contributed by atoms with Crippen LogP contribution in [0.15, 0.2) is 12.7 Å². The van der Waals surface area contributed by atoms with Crippen LogP contribution < -0.4 is 0 Å². The van der Waals surface area contributed by atoms with E-state index in [1.807, 2.05) is 0 Å². The summed E-state index contributed by atoms with van der Waals surface area (Å²) in [6.45, 7) is 2.90. The third kappa shape index (κ3) is 1.71. The molecule has 3 atom stereocenters. The molecule has 5 nitrogen and oxygen atoms in total. The van der Waals surface area contributed by atoms with Gasteiger partial charge in [0.1, 0.15) is 0 Å². The number of carbonyl (C=O) groups is 3. The fourth-order valence-corrected chi connectivity index (χ4v) is 4.13. The van der Waals surface area contributed by atoms with Crippen LogP contribution in [0, 0.1) is 11.8 Å². The SMILES string of the molecule is C=CC(=O)OCC(=O)N1C(=O)CC12CC1CCC2C1. The topological polar surface area (TPSA) is 63.7 Å². The van der Waals surface area contributed by atoms with Gasteiger partial charge in [0.15, 0.2) is 6.61 Å². The lowest BCUT2D eigenvalue weighted by molar-refractivity contribution is -0.176. The highest BCUT2D eigenvalue weighted by Gasteiger charge is 2.63. The molecule has 2 bridgehead atoms. The molecule has 102 valence electrons. The lowest BCUT2D eigenvalue weighted by atomic mass is 9.71. The monoisotopic (exact) mass is 263 g/mol. The number of fused-ring (bicyclic) bond motifs is 3. The van der Waals surface area contributed by atoms with Gasteiger partial charge in [-0.3, -0.25) is 14.5 Å². The Bertz CT molecular complexity index is 472. The van der Waals surface area contributed by atoms with Gasteiger partial charge in [-0.05, 0) is 37.5 Å². The van der Waals surface area contributed by atoms with E-state index in [0.29, 0.717) is 18.3 Å². The highest BCUT2D eigenvalue weighted by Crippen LogP contribution is 2.58.